The predicted octanol–water partition coefficient (Wildman–Crippen LogP) is 1.84. The van der Waals surface area contributed by atoms with Gasteiger partial charge in [0.1, 0.15) is 0 Å². The minimum Gasteiger partial charge on any atom is -0.378 e. The molecule has 6 nitrogen and oxygen atoms in total. The van der Waals surface area contributed by atoms with Crippen LogP contribution in [-0.4, -0.2) is 26.8 Å². The van der Waals surface area contributed by atoms with Crippen molar-refractivity contribution < 1.29 is 4.74 Å². The van der Waals surface area contributed by atoms with Gasteiger partial charge in [-0.25, -0.2) is 0 Å². The van der Waals surface area contributed by atoms with Crippen molar-refractivity contribution in [3.63, 3.8) is 0 Å². The van der Waals surface area contributed by atoms with E-state index in [4.69, 9.17) is 4.74 Å². The van der Waals surface area contributed by atoms with E-state index in [2.05, 4.69) is 20.7 Å². The summed E-state index contributed by atoms with van der Waals surface area (Å²) in [7, 11) is 0. The largest absolute Gasteiger partial charge is 0.378 e. The Morgan fingerprint density at radius 1 is 1.33 bits per heavy atom. The van der Waals surface area contributed by atoms with Crippen molar-refractivity contribution in [2.45, 2.75) is 26.6 Å². The van der Waals surface area contributed by atoms with Gasteiger partial charge in [-0.05, 0) is 31.2 Å². The number of aromatic nitrogens is 4. The molecule has 0 aliphatic carbocycles. The molecule has 2 rings (SSSR count). The second-order valence-corrected chi connectivity index (χ2v) is 3.80. The molecule has 0 saturated heterocycles. The molecular weight excluding hydrogens is 230 g/mol. The summed E-state index contributed by atoms with van der Waals surface area (Å²) in [6, 6.07) is 9.91. The summed E-state index contributed by atoms with van der Waals surface area (Å²) in [5.41, 5.74) is 1.03. The van der Waals surface area contributed by atoms with Crippen molar-refractivity contribution in [2.24, 2.45) is 0 Å². The Bertz CT molecular complexity index is 470. The van der Waals surface area contributed by atoms with Gasteiger partial charge in [-0.15, -0.1) is 15.0 Å². The van der Waals surface area contributed by atoms with Crippen LogP contribution in [0.5, 0.6) is 0 Å². The Hall–Kier alpha value is -1.95. The lowest BCUT2D eigenvalue weighted by molar-refractivity contribution is 0.00456. The van der Waals surface area contributed by atoms with Crippen molar-refractivity contribution in [3.05, 3.63) is 36.2 Å². The molecule has 0 radical (unpaired) electrons. The fraction of sp³-hybridized carbons (Fsp3) is 0.417. The molecule has 1 aromatic carbocycles. The van der Waals surface area contributed by atoms with E-state index in [1.165, 1.54) is 4.80 Å². The molecule has 6 heteroatoms. The molecular formula is C12H17N5O. The van der Waals surface area contributed by atoms with E-state index in [1.807, 2.05) is 44.2 Å². The number of tetrazole rings is 1. The van der Waals surface area contributed by atoms with E-state index in [0.717, 1.165) is 5.69 Å². The zero-order chi connectivity index (χ0) is 12.8. The molecule has 0 aliphatic rings. The molecule has 18 heavy (non-hydrogen) atoms. The summed E-state index contributed by atoms with van der Waals surface area (Å²) >= 11 is 0. The van der Waals surface area contributed by atoms with Gasteiger partial charge in [0.2, 0.25) is 0 Å². The number of anilines is 1. The Morgan fingerprint density at radius 2 is 2.11 bits per heavy atom. The lowest BCUT2D eigenvalue weighted by Crippen LogP contribution is -2.13. The SMILES string of the molecule is CCOC(C)n1nnc(CNc2ccccc2)n1. The molecule has 0 aliphatic heterocycles. The third-order valence-electron chi connectivity index (χ3n) is 2.43. The highest BCUT2D eigenvalue weighted by atomic mass is 16.5. The van der Waals surface area contributed by atoms with Crippen molar-refractivity contribution in [1.29, 1.82) is 0 Å². The molecule has 0 bridgehead atoms. The Morgan fingerprint density at radius 3 is 2.83 bits per heavy atom. The highest BCUT2D eigenvalue weighted by molar-refractivity contribution is 5.42. The van der Waals surface area contributed by atoms with Gasteiger partial charge in [0, 0.05) is 12.3 Å². The quantitative estimate of drug-likeness (QED) is 0.843. The summed E-state index contributed by atoms with van der Waals surface area (Å²) in [4.78, 5) is 1.48. The fourth-order valence-electron chi connectivity index (χ4n) is 1.53. The van der Waals surface area contributed by atoms with Crippen LogP contribution in [0.15, 0.2) is 30.3 Å². The summed E-state index contributed by atoms with van der Waals surface area (Å²) < 4.78 is 5.38. The van der Waals surface area contributed by atoms with E-state index in [9.17, 15) is 0 Å². The standard InChI is InChI=1S/C12H17N5O/c1-3-18-10(2)17-15-12(14-16-17)9-13-11-7-5-4-6-8-11/h4-8,10,13H,3,9H2,1-2H3. The third kappa shape index (κ3) is 3.27. The number of benzene rings is 1. The van der Waals surface area contributed by atoms with Crippen LogP contribution in [0.4, 0.5) is 5.69 Å². The van der Waals surface area contributed by atoms with Crippen molar-refractivity contribution in [2.75, 3.05) is 11.9 Å². The first-order valence-corrected chi connectivity index (χ1v) is 5.98. The average molecular weight is 247 g/mol. The Balaban J connectivity index is 1.91. The van der Waals surface area contributed by atoms with Crippen LogP contribution >= 0.6 is 0 Å². The number of hydrogen-bond acceptors (Lipinski definition) is 5. The number of nitrogens with one attached hydrogen (secondary N) is 1. The maximum absolute atomic E-state index is 5.38. The van der Waals surface area contributed by atoms with Crippen LogP contribution in [0.2, 0.25) is 0 Å². The second-order valence-electron chi connectivity index (χ2n) is 3.80. The fourth-order valence-corrected chi connectivity index (χ4v) is 1.53. The van der Waals surface area contributed by atoms with Crippen LogP contribution in [0.25, 0.3) is 0 Å². The van der Waals surface area contributed by atoms with Crippen molar-refractivity contribution in [1.82, 2.24) is 20.2 Å². The van der Waals surface area contributed by atoms with E-state index in [1.54, 1.807) is 0 Å². The summed E-state index contributed by atoms with van der Waals surface area (Å²) in [5, 5.41) is 15.4. The number of ether oxygens (including phenoxy) is 1. The highest BCUT2D eigenvalue weighted by Crippen LogP contribution is 2.07. The number of para-hydroxylation sites is 1. The van der Waals surface area contributed by atoms with E-state index in [-0.39, 0.29) is 6.23 Å². The number of hydrogen-bond donors (Lipinski definition) is 1. The van der Waals surface area contributed by atoms with Gasteiger partial charge < -0.3 is 10.1 Å². The maximum Gasteiger partial charge on any atom is 0.193 e. The molecule has 0 saturated carbocycles. The second kappa shape index (κ2) is 6.11. The number of rotatable bonds is 6. The molecule has 1 aromatic heterocycles. The Labute approximate surface area is 106 Å². The molecule has 2 aromatic rings. The summed E-state index contributed by atoms with van der Waals surface area (Å²) in [6.07, 6.45) is -0.187. The number of nitrogens with zero attached hydrogens (tertiary/aromatic N) is 4. The molecule has 0 spiro atoms. The van der Waals surface area contributed by atoms with E-state index < -0.39 is 0 Å². The zero-order valence-corrected chi connectivity index (χ0v) is 10.6. The van der Waals surface area contributed by atoms with Crippen LogP contribution in [0.3, 0.4) is 0 Å². The van der Waals surface area contributed by atoms with Gasteiger partial charge in [-0.2, -0.15) is 0 Å². The Kier molecular flexibility index (Phi) is 4.25. The lowest BCUT2D eigenvalue weighted by atomic mass is 10.3. The van der Waals surface area contributed by atoms with E-state index in [0.29, 0.717) is 19.0 Å². The molecule has 0 fully saturated rings. The first-order chi connectivity index (χ1) is 8.79. The van der Waals surface area contributed by atoms with Crippen molar-refractivity contribution >= 4 is 5.69 Å². The van der Waals surface area contributed by atoms with Gasteiger partial charge in [0.05, 0.1) is 6.54 Å². The van der Waals surface area contributed by atoms with Gasteiger partial charge in [-0.1, -0.05) is 18.2 Å². The monoisotopic (exact) mass is 247 g/mol. The molecule has 0 amide bonds. The van der Waals surface area contributed by atoms with E-state index >= 15 is 0 Å². The predicted molar refractivity (Wildman–Crippen MR) is 67.9 cm³/mol. The van der Waals surface area contributed by atoms with Gasteiger partial charge in [0.25, 0.3) is 0 Å². The topological polar surface area (TPSA) is 64.9 Å². The highest BCUT2D eigenvalue weighted by Gasteiger charge is 2.08. The first kappa shape index (κ1) is 12.5. The first-order valence-electron chi connectivity index (χ1n) is 5.98. The van der Waals surface area contributed by atoms with Gasteiger partial charge in [-0.3, -0.25) is 0 Å². The minimum atomic E-state index is -0.187. The molecule has 1 heterocycles. The summed E-state index contributed by atoms with van der Waals surface area (Å²) in [5.74, 6) is 0.644. The van der Waals surface area contributed by atoms with Crippen LogP contribution < -0.4 is 5.32 Å². The normalized spacial score (nSPS) is 12.3. The molecule has 1 atom stereocenters. The van der Waals surface area contributed by atoms with Crippen LogP contribution in [0, 0.1) is 0 Å². The minimum absolute atomic E-state index is 0.187. The zero-order valence-electron chi connectivity index (χ0n) is 10.6. The third-order valence-corrected chi connectivity index (χ3v) is 2.43. The smallest absolute Gasteiger partial charge is 0.193 e. The lowest BCUT2D eigenvalue weighted by Gasteiger charge is -2.08. The van der Waals surface area contributed by atoms with Crippen molar-refractivity contribution in [3.8, 4) is 0 Å². The van der Waals surface area contributed by atoms with Gasteiger partial charge >= 0.3 is 0 Å². The molecule has 1 N–H and O–H groups in total. The molecule has 96 valence electrons. The van der Waals surface area contributed by atoms with Gasteiger partial charge in [0.15, 0.2) is 12.1 Å². The van der Waals surface area contributed by atoms with Crippen LogP contribution in [-0.2, 0) is 11.3 Å². The average Bonchev–Trinajstić information content (AvgIpc) is 2.87. The summed E-state index contributed by atoms with van der Waals surface area (Å²) in [6.45, 7) is 4.99. The maximum atomic E-state index is 5.38. The molecule has 1 unspecified atom stereocenters. The van der Waals surface area contributed by atoms with Crippen LogP contribution in [0.1, 0.15) is 25.9 Å².